The lowest BCUT2D eigenvalue weighted by atomic mass is 9.67. The molecule has 0 aliphatic heterocycles. The van der Waals surface area contributed by atoms with Crippen LogP contribution in [0.25, 0.3) is 0 Å². The average Bonchev–Trinajstić information content (AvgIpc) is 2.29. The lowest BCUT2D eigenvalue weighted by Gasteiger charge is -2.40. The van der Waals surface area contributed by atoms with E-state index in [0.717, 1.165) is 23.7 Å². The zero-order chi connectivity index (χ0) is 12.8. The Hall–Kier alpha value is -0.0400. The molecule has 0 heterocycles. The SMILES string of the molecule is CCC(CC)C1CC(C)CCC1CNC(C)C. The number of hydrogen-bond acceptors (Lipinski definition) is 1. The monoisotopic (exact) mass is 239 g/mol. The normalized spacial score (nSPS) is 30.2. The van der Waals surface area contributed by atoms with E-state index >= 15 is 0 Å². The molecule has 0 aromatic rings. The van der Waals surface area contributed by atoms with Gasteiger partial charge in [-0.2, -0.15) is 0 Å². The van der Waals surface area contributed by atoms with Gasteiger partial charge in [-0.25, -0.2) is 0 Å². The van der Waals surface area contributed by atoms with Gasteiger partial charge in [0.05, 0.1) is 0 Å². The van der Waals surface area contributed by atoms with Gasteiger partial charge in [0.1, 0.15) is 0 Å². The first-order valence-electron chi connectivity index (χ1n) is 7.81. The van der Waals surface area contributed by atoms with E-state index in [2.05, 4.69) is 39.9 Å². The summed E-state index contributed by atoms with van der Waals surface area (Å²) in [6.45, 7) is 13.0. The van der Waals surface area contributed by atoms with Crippen LogP contribution in [0.15, 0.2) is 0 Å². The van der Waals surface area contributed by atoms with Gasteiger partial charge >= 0.3 is 0 Å². The van der Waals surface area contributed by atoms with Crippen LogP contribution in [0.3, 0.4) is 0 Å². The molecular weight excluding hydrogens is 206 g/mol. The third-order valence-electron chi connectivity index (χ3n) is 4.75. The molecule has 1 fully saturated rings. The predicted molar refractivity (Wildman–Crippen MR) is 77.2 cm³/mol. The van der Waals surface area contributed by atoms with Crippen LogP contribution in [0.4, 0.5) is 0 Å². The first-order chi connectivity index (χ1) is 8.08. The number of nitrogens with one attached hydrogen (secondary N) is 1. The van der Waals surface area contributed by atoms with E-state index in [1.54, 1.807) is 0 Å². The Morgan fingerprint density at radius 2 is 1.76 bits per heavy atom. The maximum Gasteiger partial charge on any atom is 0.00104 e. The smallest absolute Gasteiger partial charge is 0.00104 e. The Balaban J connectivity index is 2.57. The fourth-order valence-electron chi connectivity index (χ4n) is 3.60. The second-order valence-electron chi connectivity index (χ2n) is 6.48. The van der Waals surface area contributed by atoms with Gasteiger partial charge in [-0.1, -0.05) is 53.9 Å². The zero-order valence-electron chi connectivity index (χ0n) is 12.6. The second kappa shape index (κ2) is 7.41. The maximum atomic E-state index is 3.66. The highest BCUT2D eigenvalue weighted by molar-refractivity contribution is 4.84. The molecule has 3 atom stereocenters. The molecule has 17 heavy (non-hydrogen) atoms. The minimum Gasteiger partial charge on any atom is -0.314 e. The van der Waals surface area contributed by atoms with Gasteiger partial charge in [-0.15, -0.1) is 0 Å². The van der Waals surface area contributed by atoms with Crippen LogP contribution in [0.2, 0.25) is 0 Å². The van der Waals surface area contributed by atoms with E-state index in [-0.39, 0.29) is 0 Å². The molecule has 0 radical (unpaired) electrons. The van der Waals surface area contributed by atoms with Crippen molar-refractivity contribution in [1.82, 2.24) is 5.32 Å². The first kappa shape index (κ1) is 15.0. The van der Waals surface area contributed by atoms with Crippen molar-refractivity contribution in [3.63, 3.8) is 0 Å². The molecule has 0 saturated heterocycles. The van der Waals surface area contributed by atoms with Crippen molar-refractivity contribution in [2.24, 2.45) is 23.7 Å². The second-order valence-corrected chi connectivity index (χ2v) is 6.48. The quantitative estimate of drug-likeness (QED) is 0.721. The Labute approximate surface area is 109 Å². The molecule has 1 saturated carbocycles. The molecule has 1 aliphatic rings. The molecule has 1 heteroatoms. The zero-order valence-corrected chi connectivity index (χ0v) is 12.6. The Kier molecular flexibility index (Phi) is 6.54. The van der Waals surface area contributed by atoms with Crippen molar-refractivity contribution in [2.75, 3.05) is 6.54 Å². The number of rotatable bonds is 6. The molecule has 102 valence electrons. The summed E-state index contributed by atoms with van der Waals surface area (Å²) in [5, 5.41) is 3.66. The van der Waals surface area contributed by atoms with Crippen molar-refractivity contribution >= 4 is 0 Å². The van der Waals surface area contributed by atoms with Crippen LogP contribution in [-0.4, -0.2) is 12.6 Å². The summed E-state index contributed by atoms with van der Waals surface area (Å²) >= 11 is 0. The lowest BCUT2D eigenvalue weighted by Crippen LogP contribution is -2.38. The van der Waals surface area contributed by atoms with Gasteiger partial charge in [0.15, 0.2) is 0 Å². The van der Waals surface area contributed by atoms with Gasteiger partial charge in [0.2, 0.25) is 0 Å². The summed E-state index contributed by atoms with van der Waals surface area (Å²) in [6, 6.07) is 0.636. The molecule has 1 aliphatic carbocycles. The third-order valence-corrected chi connectivity index (χ3v) is 4.75. The average molecular weight is 239 g/mol. The van der Waals surface area contributed by atoms with Crippen molar-refractivity contribution < 1.29 is 0 Å². The Bertz CT molecular complexity index is 196. The van der Waals surface area contributed by atoms with E-state index in [4.69, 9.17) is 0 Å². The van der Waals surface area contributed by atoms with Crippen molar-refractivity contribution in [3.05, 3.63) is 0 Å². The summed E-state index contributed by atoms with van der Waals surface area (Å²) in [7, 11) is 0. The highest BCUT2D eigenvalue weighted by Gasteiger charge is 2.32. The van der Waals surface area contributed by atoms with Crippen LogP contribution in [0, 0.1) is 23.7 Å². The molecule has 0 aromatic carbocycles. The Morgan fingerprint density at radius 3 is 2.29 bits per heavy atom. The molecule has 1 N–H and O–H groups in total. The lowest BCUT2D eigenvalue weighted by molar-refractivity contribution is 0.117. The summed E-state index contributed by atoms with van der Waals surface area (Å²) in [4.78, 5) is 0. The fourth-order valence-corrected chi connectivity index (χ4v) is 3.60. The standard InChI is InChI=1S/C16H33N/c1-6-14(7-2)16-10-13(5)8-9-15(16)11-17-12(3)4/h12-17H,6-11H2,1-5H3. The minimum absolute atomic E-state index is 0.636. The maximum absolute atomic E-state index is 3.66. The highest BCUT2D eigenvalue weighted by Crippen LogP contribution is 2.40. The molecule has 0 spiro atoms. The fraction of sp³-hybridized carbons (Fsp3) is 1.00. The van der Waals surface area contributed by atoms with Crippen LogP contribution in [0.1, 0.15) is 66.7 Å². The molecule has 3 unspecified atom stereocenters. The minimum atomic E-state index is 0.636. The van der Waals surface area contributed by atoms with E-state index in [0.29, 0.717) is 6.04 Å². The molecule has 1 nitrogen and oxygen atoms in total. The van der Waals surface area contributed by atoms with Crippen molar-refractivity contribution in [3.8, 4) is 0 Å². The largest absolute Gasteiger partial charge is 0.314 e. The number of hydrogen-bond donors (Lipinski definition) is 1. The molecule has 0 aromatic heterocycles. The van der Waals surface area contributed by atoms with E-state index in [9.17, 15) is 0 Å². The van der Waals surface area contributed by atoms with Crippen molar-refractivity contribution in [2.45, 2.75) is 72.8 Å². The van der Waals surface area contributed by atoms with Gasteiger partial charge in [-0.3, -0.25) is 0 Å². The van der Waals surface area contributed by atoms with Gasteiger partial charge in [0.25, 0.3) is 0 Å². The van der Waals surface area contributed by atoms with Gasteiger partial charge in [-0.05, 0) is 43.1 Å². The first-order valence-corrected chi connectivity index (χ1v) is 7.81. The summed E-state index contributed by atoms with van der Waals surface area (Å²) in [6.07, 6.45) is 7.10. The highest BCUT2D eigenvalue weighted by atomic mass is 14.9. The van der Waals surface area contributed by atoms with Crippen LogP contribution in [-0.2, 0) is 0 Å². The van der Waals surface area contributed by atoms with Gasteiger partial charge in [0, 0.05) is 6.04 Å². The summed E-state index contributed by atoms with van der Waals surface area (Å²) < 4.78 is 0. The van der Waals surface area contributed by atoms with Crippen molar-refractivity contribution in [1.29, 1.82) is 0 Å². The van der Waals surface area contributed by atoms with Gasteiger partial charge < -0.3 is 5.32 Å². The third kappa shape index (κ3) is 4.62. The molecular formula is C16H33N. The van der Waals surface area contributed by atoms with Crippen LogP contribution < -0.4 is 5.32 Å². The van der Waals surface area contributed by atoms with E-state index in [1.807, 2.05) is 0 Å². The van der Waals surface area contributed by atoms with E-state index < -0.39 is 0 Å². The van der Waals surface area contributed by atoms with E-state index in [1.165, 1.54) is 38.6 Å². The summed E-state index contributed by atoms with van der Waals surface area (Å²) in [5.74, 6) is 3.81. The van der Waals surface area contributed by atoms with Crippen LogP contribution in [0.5, 0.6) is 0 Å². The topological polar surface area (TPSA) is 12.0 Å². The molecule has 0 bridgehead atoms. The predicted octanol–water partition coefficient (Wildman–Crippen LogP) is 4.47. The Morgan fingerprint density at radius 1 is 1.12 bits per heavy atom. The van der Waals surface area contributed by atoms with Crippen LogP contribution >= 0.6 is 0 Å². The molecule has 1 rings (SSSR count). The summed E-state index contributed by atoms with van der Waals surface area (Å²) in [5.41, 5.74) is 0. The molecule has 0 amide bonds.